The van der Waals surface area contributed by atoms with Crippen molar-refractivity contribution >= 4 is 11.7 Å². The first kappa shape index (κ1) is 20.6. The Balaban J connectivity index is 1.45. The van der Waals surface area contributed by atoms with Gasteiger partial charge in [-0.25, -0.2) is 14.2 Å². The number of methoxy groups -OCH3 is 1. The maximum atomic E-state index is 12.7. The van der Waals surface area contributed by atoms with Gasteiger partial charge < -0.3 is 15.0 Å². The SMILES string of the molecule is COc1ccccc1NC(=O)N1CCC(n2nc(-n3nc(C)cc3C)ccc2=O)CC1. The second-order valence-corrected chi connectivity index (χ2v) is 7.66. The van der Waals surface area contributed by atoms with Crippen LogP contribution in [0.2, 0.25) is 0 Å². The van der Waals surface area contributed by atoms with Gasteiger partial charge in [0.05, 0.1) is 24.5 Å². The van der Waals surface area contributed by atoms with E-state index in [1.165, 1.54) is 10.7 Å². The van der Waals surface area contributed by atoms with Crippen LogP contribution in [0.4, 0.5) is 10.5 Å². The standard InChI is InChI=1S/C22H26N6O3/c1-15-14-16(2)27(24-15)20-8-9-21(29)28(25-20)17-10-12-26(13-11-17)22(30)23-18-6-4-5-7-19(18)31-3/h4-9,14,17H,10-13H2,1-3H3,(H,23,30). The van der Waals surface area contributed by atoms with Gasteiger partial charge in [-0.1, -0.05) is 12.1 Å². The molecule has 1 N–H and O–H groups in total. The lowest BCUT2D eigenvalue weighted by Gasteiger charge is -2.32. The van der Waals surface area contributed by atoms with E-state index in [1.807, 2.05) is 32.0 Å². The zero-order valence-corrected chi connectivity index (χ0v) is 17.9. The van der Waals surface area contributed by atoms with E-state index in [0.717, 1.165) is 11.4 Å². The summed E-state index contributed by atoms with van der Waals surface area (Å²) in [7, 11) is 1.57. The smallest absolute Gasteiger partial charge is 0.321 e. The number of ether oxygens (including phenoxy) is 1. The highest BCUT2D eigenvalue weighted by molar-refractivity contribution is 5.91. The van der Waals surface area contributed by atoms with Gasteiger partial charge in [-0.3, -0.25) is 4.79 Å². The first-order valence-corrected chi connectivity index (χ1v) is 10.3. The Labute approximate surface area is 180 Å². The number of piperidine rings is 1. The molecule has 1 aliphatic rings. The number of nitrogens with zero attached hydrogens (tertiary/aromatic N) is 5. The Morgan fingerprint density at radius 3 is 2.52 bits per heavy atom. The molecule has 2 aromatic heterocycles. The number of rotatable bonds is 4. The molecule has 0 atom stereocenters. The first-order chi connectivity index (χ1) is 15.0. The number of nitrogens with one attached hydrogen (secondary N) is 1. The number of amides is 2. The lowest BCUT2D eigenvalue weighted by molar-refractivity contribution is 0.178. The van der Waals surface area contributed by atoms with Gasteiger partial charge >= 0.3 is 6.03 Å². The van der Waals surface area contributed by atoms with Gasteiger partial charge in [0, 0.05) is 24.8 Å². The molecule has 9 nitrogen and oxygen atoms in total. The molecule has 0 radical (unpaired) electrons. The summed E-state index contributed by atoms with van der Waals surface area (Å²) in [5.41, 5.74) is 2.33. The summed E-state index contributed by atoms with van der Waals surface area (Å²) < 4.78 is 8.56. The van der Waals surface area contributed by atoms with Gasteiger partial charge in [0.2, 0.25) is 0 Å². The molecular formula is C22H26N6O3. The van der Waals surface area contributed by atoms with Crippen molar-refractivity contribution in [1.82, 2.24) is 24.5 Å². The van der Waals surface area contributed by atoms with Crippen LogP contribution in [0.25, 0.3) is 5.82 Å². The number of likely N-dealkylation sites (tertiary alicyclic amines) is 1. The fourth-order valence-electron chi connectivity index (χ4n) is 3.91. The number of benzene rings is 1. The van der Waals surface area contributed by atoms with Crippen molar-refractivity contribution < 1.29 is 9.53 Å². The number of aromatic nitrogens is 4. The van der Waals surface area contributed by atoms with Crippen molar-refractivity contribution in [3.63, 3.8) is 0 Å². The first-order valence-electron chi connectivity index (χ1n) is 10.3. The molecule has 2 amide bonds. The van der Waals surface area contributed by atoms with Gasteiger partial charge in [0.15, 0.2) is 5.82 Å². The molecule has 0 saturated carbocycles. The Kier molecular flexibility index (Phi) is 5.75. The predicted octanol–water partition coefficient (Wildman–Crippen LogP) is 2.92. The van der Waals surface area contributed by atoms with Crippen LogP contribution < -0.4 is 15.6 Å². The fourth-order valence-corrected chi connectivity index (χ4v) is 3.91. The molecule has 0 bridgehead atoms. The largest absolute Gasteiger partial charge is 0.495 e. The summed E-state index contributed by atoms with van der Waals surface area (Å²) in [4.78, 5) is 26.9. The predicted molar refractivity (Wildman–Crippen MR) is 117 cm³/mol. The Morgan fingerprint density at radius 2 is 1.84 bits per heavy atom. The summed E-state index contributed by atoms with van der Waals surface area (Å²) in [6, 6.07) is 12.2. The number of para-hydroxylation sites is 2. The minimum atomic E-state index is -0.181. The van der Waals surface area contributed by atoms with E-state index in [2.05, 4.69) is 15.5 Å². The lowest BCUT2D eigenvalue weighted by Crippen LogP contribution is -2.43. The molecule has 4 rings (SSSR count). The average Bonchev–Trinajstić information content (AvgIpc) is 3.12. The number of carbonyl (C=O) groups is 1. The molecule has 31 heavy (non-hydrogen) atoms. The minimum absolute atomic E-state index is 0.0697. The van der Waals surface area contributed by atoms with Crippen molar-refractivity contribution in [3.8, 4) is 11.6 Å². The van der Waals surface area contributed by atoms with Crippen LogP contribution in [-0.2, 0) is 0 Å². The number of anilines is 1. The lowest BCUT2D eigenvalue weighted by atomic mass is 10.1. The molecule has 3 aromatic rings. The van der Waals surface area contributed by atoms with E-state index < -0.39 is 0 Å². The fraction of sp³-hybridized carbons (Fsp3) is 0.364. The van der Waals surface area contributed by atoms with Gasteiger partial charge in [-0.2, -0.15) is 5.10 Å². The quantitative estimate of drug-likeness (QED) is 0.698. The maximum absolute atomic E-state index is 12.7. The molecule has 1 saturated heterocycles. The topological polar surface area (TPSA) is 94.3 Å². The van der Waals surface area contributed by atoms with Crippen LogP contribution in [0.3, 0.4) is 0 Å². The second-order valence-electron chi connectivity index (χ2n) is 7.66. The third kappa shape index (κ3) is 4.30. The van der Waals surface area contributed by atoms with E-state index in [1.54, 1.807) is 34.9 Å². The van der Waals surface area contributed by atoms with Crippen LogP contribution >= 0.6 is 0 Å². The van der Waals surface area contributed by atoms with Gasteiger partial charge in [-0.15, -0.1) is 5.10 Å². The van der Waals surface area contributed by atoms with Crippen molar-refractivity contribution in [2.45, 2.75) is 32.7 Å². The average molecular weight is 422 g/mol. The molecule has 1 aliphatic heterocycles. The Hall–Kier alpha value is -3.62. The molecule has 9 heteroatoms. The summed E-state index contributed by atoms with van der Waals surface area (Å²) >= 11 is 0. The van der Waals surface area contributed by atoms with Crippen molar-refractivity contribution in [2.75, 3.05) is 25.5 Å². The van der Waals surface area contributed by atoms with E-state index in [-0.39, 0.29) is 17.6 Å². The zero-order valence-electron chi connectivity index (χ0n) is 17.9. The second kappa shape index (κ2) is 8.63. The summed E-state index contributed by atoms with van der Waals surface area (Å²) in [6.45, 7) is 4.94. The van der Waals surface area contributed by atoms with Crippen LogP contribution in [-0.4, -0.2) is 50.7 Å². The van der Waals surface area contributed by atoms with Crippen LogP contribution in [0.15, 0.2) is 47.3 Å². The van der Waals surface area contributed by atoms with Gasteiger partial charge in [0.25, 0.3) is 5.56 Å². The normalized spacial score (nSPS) is 14.5. The number of aryl methyl sites for hydroxylation is 2. The molecule has 1 fully saturated rings. The van der Waals surface area contributed by atoms with Crippen molar-refractivity contribution in [2.24, 2.45) is 0 Å². The van der Waals surface area contributed by atoms with Gasteiger partial charge in [-0.05, 0) is 51.0 Å². The minimum Gasteiger partial charge on any atom is -0.495 e. The van der Waals surface area contributed by atoms with Crippen molar-refractivity contribution in [1.29, 1.82) is 0 Å². The summed E-state index contributed by atoms with van der Waals surface area (Å²) in [5.74, 6) is 1.23. The zero-order chi connectivity index (χ0) is 22.0. The number of hydrogen-bond acceptors (Lipinski definition) is 5. The number of carbonyl (C=O) groups excluding carboxylic acids is 1. The van der Waals surface area contributed by atoms with Crippen molar-refractivity contribution in [3.05, 3.63) is 64.2 Å². The van der Waals surface area contributed by atoms with Crippen LogP contribution in [0, 0.1) is 13.8 Å². The maximum Gasteiger partial charge on any atom is 0.321 e. The Bertz CT molecular complexity index is 1140. The van der Waals surface area contributed by atoms with Gasteiger partial charge in [0.1, 0.15) is 5.75 Å². The molecule has 0 aliphatic carbocycles. The summed E-state index contributed by atoms with van der Waals surface area (Å²) in [6.07, 6.45) is 1.29. The molecule has 162 valence electrons. The van der Waals surface area contributed by atoms with Crippen LogP contribution in [0.1, 0.15) is 30.3 Å². The molecule has 0 spiro atoms. The number of urea groups is 1. The van der Waals surface area contributed by atoms with E-state index in [4.69, 9.17) is 4.74 Å². The third-order valence-corrected chi connectivity index (χ3v) is 5.48. The van der Waals surface area contributed by atoms with E-state index >= 15 is 0 Å². The monoisotopic (exact) mass is 422 g/mol. The highest BCUT2D eigenvalue weighted by Crippen LogP contribution is 2.25. The third-order valence-electron chi connectivity index (χ3n) is 5.48. The highest BCUT2D eigenvalue weighted by atomic mass is 16.5. The molecule has 1 aromatic carbocycles. The summed E-state index contributed by atoms with van der Waals surface area (Å²) in [5, 5.41) is 11.9. The van der Waals surface area contributed by atoms with Crippen LogP contribution in [0.5, 0.6) is 5.75 Å². The molecule has 3 heterocycles. The van der Waals surface area contributed by atoms with E-state index in [0.29, 0.717) is 43.2 Å². The molecule has 0 unspecified atom stereocenters. The number of hydrogen-bond donors (Lipinski definition) is 1. The molecular weight excluding hydrogens is 396 g/mol. The Morgan fingerprint density at radius 1 is 1.10 bits per heavy atom. The highest BCUT2D eigenvalue weighted by Gasteiger charge is 2.26. The van der Waals surface area contributed by atoms with E-state index in [9.17, 15) is 9.59 Å².